The first-order valence-electron chi connectivity index (χ1n) is 6.44. The minimum Gasteiger partial charge on any atom is -0.478 e. The molecule has 3 nitrogen and oxygen atoms in total. The molecule has 0 unspecified atom stereocenters. The summed E-state index contributed by atoms with van der Waals surface area (Å²) in [6.07, 6.45) is 5.04. The fourth-order valence-corrected chi connectivity index (χ4v) is 2.71. The molecule has 3 rings (SSSR count). The van der Waals surface area contributed by atoms with Crippen molar-refractivity contribution < 1.29 is 9.90 Å². The second-order valence-electron chi connectivity index (χ2n) is 5.34. The molecular weight excluding hydrogens is 250 g/mol. The Bertz CT molecular complexity index is 469. The molecule has 2 saturated carbocycles. The van der Waals surface area contributed by atoms with Gasteiger partial charge in [0.1, 0.15) is 0 Å². The lowest BCUT2D eigenvalue weighted by atomic mass is 10.1. The van der Waals surface area contributed by atoms with Gasteiger partial charge in [-0.25, -0.2) is 4.79 Å². The van der Waals surface area contributed by atoms with E-state index < -0.39 is 5.97 Å². The Morgan fingerprint density at radius 2 is 1.89 bits per heavy atom. The summed E-state index contributed by atoms with van der Waals surface area (Å²) in [5.74, 6) is 0.538. The van der Waals surface area contributed by atoms with Gasteiger partial charge in [-0.15, -0.1) is 0 Å². The van der Waals surface area contributed by atoms with E-state index in [-0.39, 0.29) is 0 Å². The predicted octanol–water partition coefficient (Wildman–Crippen LogP) is 3.64. The Morgan fingerprint density at radius 1 is 1.28 bits per heavy atom. The highest BCUT2D eigenvalue weighted by Gasteiger charge is 2.41. The molecule has 2 fully saturated rings. The number of carboxylic acids is 1. The van der Waals surface area contributed by atoms with Crippen LogP contribution in [0.5, 0.6) is 0 Å². The first-order chi connectivity index (χ1) is 8.65. The summed E-state index contributed by atoms with van der Waals surface area (Å²) in [6, 6.07) is 5.35. The lowest BCUT2D eigenvalue weighted by Gasteiger charge is -2.20. The van der Waals surface area contributed by atoms with E-state index in [1.54, 1.807) is 18.2 Å². The third kappa shape index (κ3) is 2.46. The van der Waals surface area contributed by atoms with E-state index in [0.717, 1.165) is 11.8 Å². The van der Waals surface area contributed by atoms with Crippen molar-refractivity contribution >= 4 is 23.3 Å². The Labute approximate surface area is 111 Å². The monoisotopic (exact) mass is 265 g/mol. The van der Waals surface area contributed by atoms with Crippen molar-refractivity contribution in [3.63, 3.8) is 0 Å². The number of hydrogen-bond acceptors (Lipinski definition) is 2. The van der Waals surface area contributed by atoms with E-state index >= 15 is 0 Å². The minimum absolute atomic E-state index is 0.311. The summed E-state index contributed by atoms with van der Waals surface area (Å²) in [7, 11) is 0. The molecule has 1 aromatic carbocycles. The number of benzene rings is 1. The molecule has 96 valence electrons. The van der Waals surface area contributed by atoms with Crippen LogP contribution in [0.1, 0.15) is 36.0 Å². The fraction of sp³-hybridized carbons (Fsp3) is 0.500. The highest BCUT2D eigenvalue weighted by Crippen LogP contribution is 2.46. The quantitative estimate of drug-likeness (QED) is 0.855. The molecule has 2 aliphatic rings. The van der Waals surface area contributed by atoms with Crippen molar-refractivity contribution in [2.24, 2.45) is 11.8 Å². The molecule has 0 radical (unpaired) electrons. The zero-order valence-electron chi connectivity index (χ0n) is 10.0. The van der Waals surface area contributed by atoms with Crippen LogP contribution in [0.15, 0.2) is 18.2 Å². The van der Waals surface area contributed by atoms with E-state index in [0.29, 0.717) is 22.3 Å². The van der Waals surface area contributed by atoms with Crippen molar-refractivity contribution in [2.45, 2.75) is 31.7 Å². The standard InChI is InChI=1S/C14H16ClNO2/c15-10-5-6-11(14(17)18)12(7-10)16-13(8-1-2-8)9-3-4-9/h5-9,13,16H,1-4H2,(H,17,18). The van der Waals surface area contributed by atoms with Gasteiger partial charge in [0.05, 0.1) is 11.3 Å². The number of carboxylic acid groups (broad SMARTS) is 1. The molecule has 2 aliphatic carbocycles. The van der Waals surface area contributed by atoms with E-state index in [1.165, 1.54) is 25.7 Å². The van der Waals surface area contributed by atoms with Gasteiger partial charge in [0.25, 0.3) is 0 Å². The number of halogens is 1. The van der Waals surface area contributed by atoms with Gasteiger partial charge in [-0.2, -0.15) is 0 Å². The van der Waals surface area contributed by atoms with Gasteiger partial charge >= 0.3 is 5.97 Å². The van der Waals surface area contributed by atoms with Crippen LogP contribution < -0.4 is 5.32 Å². The number of rotatable bonds is 5. The zero-order valence-corrected chi connectivity index (χ0v) is 10.8. The SMILES string of the molecule is O=C(O)c1ccc(Cl)cc1NC(C1CC1)C1CC1. The summed E-state index contributed by atoms with van der Waals surface area (Å²) in [5.41, 5.74) is 0.976. The third-order valence-corrected chi connectivity index (χ3v) is 4.03. The van der Waals surface area contributed by atoms with E-state index in [9.17, 15) is 9.90 Å². The molecular formula is C14H16ClNO2. The normalized spacial score (nSPS) is 19.0. The third-order valence-electron chi connectivity index (χ3n) is 3.79. The Kier molecular flexibility index (Phi) is 2.94. The molecule has 0 aromatic heterocycles. The molecule has 0 heterocycles. The molecule has 0 spiro atoms. The molecule has 4 heteroatoms. The van der Waals surface area contributed by atoms with Crippen molar-refractivity contribution in [3.05, 3.63) is 28.8 Å². The maximum Gasteiger partial charge on any atom is 0.337 e. The van der Waals surface area contributed by atoms with E-state index in [1.807, 2.05) is 0 Å². The summed E-state index contributed by atoms with van der Waals surface area (Å²) < 4.78 is 0. The molecule has 0 aliphatic heterocycles. The second-order valence-corrected chi connectivity index (χ2v) is 5.78. The van der Waals surface area contributed by atoms with Crippen LogP contribution in [0.2, 0.25) is 5.02 Å². The summed E-state index contributed by atoms with van der Waals surface area (Å²) in [5, 5.41) is 13.2. The van der Waals surface area contributed by atoms with Gasteiger partial charge in [0, 0.05) is 11.1 Å². The topological polar surface area (TPSA) is 49.3 Å². The fourth-order valence-electron chi connectivity index (χ4n) is 2.53. The lowest BCUT2D eigenvalue weighted by molar-refractivity contribution is 0.0698. The Hall–Kier alpha value is -1.22. The van der Waals surface area contributed by atoms with Crippen LogP contribution in [-0.2, 0) is 0 Å². The average molecular weight is 266 g/mol. The zero-order chi connectivity index (χ0) is 12.7. The average Bonchev–Trinajstić information content (AvgIpc) is 3.17. The van der Waals surface area contributed by atoms with Gasteiger partial charge in [-0.1, -0.05) is 11.6 Å². The Morgan fingerprint density at radius 3 is 2.39 bits per heavy atom. The number of hydrogen-bond donors (Lipinski definition) is 2. The number of carbonyl (C=O) groups is 1. The smallest absolute Gasteiger partial charge is 0.337 e. The van der Waals surface area contributed by atoms with E-state index in [4.69, 9.17) is 11.6 Å². The Balaban J connectivity index is 1.85. The number of nitrogens with one attached hydrogen (secondary N) is 1. The first kappa shape index (κ1) is 11.8. The number of anilines is 1. The second kappa shape index (κ2) is 4.47. The van der Waals surface area contributed by atoms with Crippen LogP contribution in [-0.4, -0.2) is 17.1 Å². The molecule has 0 atom stereocenters. The summed E-state index contributed by atoms with van der Waals surface area (Å²) in [4.78, 5) is 11.2. The first-order valence-corrected chi connectivity index (χ1v) is 6.82. The molecule has 0 saturated heterocycles. The van der Waals surface area contributed by atoms with Crippen molar-refractivity contribution in [1.29, 1.82) is 0 Å². The van der Waals surface area contributed by atoms with Crippen LogP contribution >= 0.6 is 11.6 Å². The highest BCUT2D eigenvalue weighted by molar-refractivity contribution is 6.31. The van der Waals surface area contributed by atoms with Gasteiger partial charge < -0.3 is 10.4 Å². The highest BCUT2D eigenvalue weighted by atomic mass is 35.5. The van der Waals surface area contributed by atoms with Crippen molar-refractivity contribution in [1.82, 2.24) is 0 Å². The maximum atomic E-state index is 11.2. The van der Waals surface area contributed by atoms with Crippen LogP contribution in [0.4, 0.5) is 5.69 Å². The van der Waals surface area contributed by atoms with Crippen LogP contribution in [0.3, 0.4) is 0 Å². The van der Waals surface area contributed by atoms with E-state index in [2.05, 4.69) is 5.32 Å². The van der Waals surface area contributed by atoms with Gasteiger partial charge in [-0.3, -0.25) is 0 Å². The van der Waals surface area contributed by atoms with Gasteiger partial charge in [-0.05, 0) is 55.7 Å². The lowest BCUT2D eigenvalue weighted by Crippen LogP contribution is -2.25. The molecule has 0 amide bonds. The van der Waals surface area contributed by atoms with Crippen LogP contribution in [0, 0.1) is 11.8 Å². The molecule has 1 aromatic rings. The maximum absolute atomic E-state index is 11.2. The van der Waals surface area contributed by atoms with Crippen LogP contribution in [0.25, 0.3) is 0 Å². The van der Waals surface area contributed by atoms with Gasteiger partial charge in [0.15, 0.2) is 0 Å². The van der Waals surface area contributed by atoms with Gasteiger partial charge in [0.2, 0.25) is 0 Å². The molecule has 18 heavy (non-hydrogen) atoms. The molecule has 0 bridgehead atoms. The molecule has 2 N–H and O–H groups in total. The summed E-state index contributed by atoms with van der Waals surface area (Å²) in [6.45, 7) is 0. The summed E-state index contributed by atoms with van der Waals surface area (Å²) >= 11 is 5.96. The van der Waals surface area contributed by atoms with Crippen molar-refractivity contribution in [3.8, 4) is 0 Å². The van der Waals surface area contributed by atoms with Crippen molar-refractivity contribution in [2.75, 3.05) is 5.32 Å². The largest absolute Gasteiger partial charge is 0.478 e. The predicted molar refractivity (Wildman–Crippen MR) is 71.3 cm³/mol. The number of aromatic carboxylic acids is 1. The minimum atomic E-state index is -0.903.